The van der Waals surface area contributed by atoms with Gasteiger partial charge in [-0.3, -0.25) is 4.39 Å². The fraction of sp³-hybridized carbons (Fsp3) is 0.500. The van der Waals surface area contributed by atoms with Crippen molar-refractivity contribution in [2.75, 3.05) is 19.0 Å². The molecule has 1 aliphatic carbocycles. The van der Waals surface area contributed by atoms with Crippen LogP contribution in [0.3, 0.4) is 0 Å². The summed E-state index contributed by atoms with van der Waals surface area (Å²) < 4.78 is 12.1. The van der Waals surface area contributed by atoms with Gasteiger partial charge in [-0.05, 0) is 30.5 Å². The van der Waals surface area contributed by atoms with E-state index in [2.05, 4.69) is 12.1 Å². The molecule has 0 atom stereocenters. The van der Waals surface area contributed by atoms with Gasteiger partial charge in [0, 0.05) is 22.6 Å². The van der Waals surface area contributed by atoms with Crippen molar-refractivity contribution in [1.29, 1.82) is 0 Å². The van der Waals surface area contributed by atoms with Crippen molar-refractivity contribution in [2.24, 2.45) is 5.73 Å². The van der Waals surface area contributed by atoms with E-state index >= 15 is 0 Å². The Labute approximate surface area is 94.2 Å². The minimum absolute atomic E-state index is 0.242. The zero-order valence-corrected chi connectivity index (χ0v) is 9.52. The average molecular weight is 225 g/mol. The van der Waals surface area contributed by atoms with Gasteiger partial charge >= 0.3 is 0 Å². The molecule has 0 spiro atoms. The zero-order valence-electron chi connectivity index (χ0n) is 8.71. The monoisotopic (exact) mass is 225 g/mol. The Morgan fingerprint density at radius 1 is 1.40 bits per heavy atom. The quantitative estimate of drug-likeness (QED) is 0.780. The van der Waals surface area contributed by atoms with Crippen LogP contribution >= 0.6 is 11.8 Å². The second-order valence-corrected chi connectivity index (χ2v) is 5.22. The van der Waals surface area contributed by atoms with Gasteiger partial charge in [-0.15, -0.1) is 11.8 Å². The third-order valence-corrected chi connectivity index (χ3v) is 3.98. The lowest BCUT2D eigenvalue weighted by Crippen LogP contribution is -2.19. The molecule has 1 aliphatic rings. The van der Waals surface area contributed by atoms with Crippen molar-refractivity contribution < 1.29 is 4.39 Å². The van der Waals surface area contributed by atoms with Crippen molar-refractivity contribution in [2.45, 2.75) is 23.2 Å². The van der Waals surface area contributed by atoms with Crippen LogP contribution in [-0.4, -0.2) is 19.0 Å². The van der Waals surface area contributed by atoms with Crippen LogP contribution in [0.1, 0.15) is 18.4 Å². The van der Waals surface area contributed by atoms with E-state index in [1.165, 1.54) is 18.4 Å². The van der Waals surface area contributed by atoms with E-state index in [0.29, 0.717) is 5.75 Å². The van der Waals surface area contributed by atoms with Crippen LogP contribution in [0.5, 0.6) is 0 Å². The van der Waals surface area contributed by atoms with E-state index in [1.807, 2.05) is 12.1 Å². The lowest BCUT2D eigenvalue weighted by atomic mass is 9.96. The van der Waals surface area contributed by atoms with E-state index in [1.54, 1.807) is 11.8 Å². The maximum Gasteiger partial charge on any atom is 0.0988 e. The van der Waals surface area contributed by atoms with Gasteiger partial charge in [-0.2, -0.15) is 0 Å². The standard InChI is InChI=1S/C12H16FNS/c13-6-7-15-11-3-1-2-10(8-11)12(9-14)4-5-12/h1-3,8H,4-7,9,14H2. The van der Waals surface area contributed by atoms with E-state index in [0.717, 1.165) is 11.4 Å². The topological polar surface area (TPSA) is 26.0 Å². The van der Waals surface area contributed by atoms with Crippen LogP contribution in [0.4, 0.5) is 4.39 Å². The maximum atomic E-state index is 12.1. The van der Waals surface area contributed by atoms with Crippen molar-refractivity contribution in [1.82, 2.24) is 0 Å². The van der Waals surface area contributed by atoms with Crippen molar-refractivity contribution in [3.63, 3.8) is 0 Å². The second kappa shape index (κ2) is 4.54. The highest BCUT2D eigenvalue weighted by molar-refractivity contribution is 7.99. The summed E-state index contributed by atoms with van der Waals surface area (Å²) in [4.78, 5) is 1.16. The molecule has 1 aromatic carbocycles. The van der Waals surface area contributed by atoms with Crippen LogP contribution in [0.25, 0.3) is 0 Å². The SMILES string of the molecule is NCC1(c2cccc(SCCF)c2)CC1. The first-order chi connectivity index (χ1) is 7.30. The molecule has 0 unspecified atom stereocenters. The Hall–Kier alpha value is -0.540. The van der Waals surface area contributed by atoms with Crippen LogP contribution < -0.4 is 5.73 Å². The largest absolute Gasteiger partial charge is 0.330 e. The number of hydrogen-bond donors (Lipinski definition) is 1. The number of benzene rings is 1. The zero-order chi connectivity index (χ0) is 10.7. The summed E-state index contributed by atoms with van der Waals surface area (Å²) in [6.07, 6.45) is 2.39. The third-order valence-electron chi connectivity index (χ3n) is 3.04. The van der Waals surface area contributed by atoms with Crippen LogP contribution in [-0.2, 0) is 5.41 Å². The summed E-state index contributed by atoms with van der Waals surface area (Å²) in [7, 11) is 0. The molecule has 0 bridgehead atoms. The van der Waals surface area contributed by atoms with Gasteiger partial charge in [-0.25, -0.2) is 0 Å². The van der Waals surface area contributed by atoms with Crippen molar-refractivity contribution in [3.8, 4) is 0 Å². The first kappa shape index (κ1) is 11.0. The predicted molar refractivity (Wildman–Crippen MR) is 63.1 cm³/mol. The fourth-order valence-corrected chi connectivity index (χ4v) is 2.53. The highest BCUT2D eigenvalue weighted by Gasteiger charge is 2.42. The summed E-state index contributed by atoms with van der Waals surface area (Å²) in [5, 5.41) is 0. The fourth-order valence-electron chi connectivity index (χ4n) is 1.83. The van der Waals surface area contributed by atoms with Gasteiger partial charge in [0.2, 0.25) is 0 Å². The number of rotatable bonds is 5. The van der Waals surface area contributed by atoms with Crippen LogP contribution in [0.2, 0.25) is 0 Å². The van der Waals surface area contributed by atoms with E-state index in [4.69, 9.17) is 5.73 Å². The van der Waals surface area contributed by atoms with E-state index in [9.17, 15) is 4.39 Å². The molecule has 1 nitrogen and oxygen atoms in total. The van der Waals surface area contributed by atoms with Gasteiger partial charge in [0.25, 0.3) is 0 Å². The molecule has 1 fully saturated rings. The molecule has 2 rings (SSSR count). The number of nitrogens with two attached hydrogens (primary N) is 1. The van der Waals surface area contributed by atoms with Crippen molar-refractivity contribution in [3.05, 3.63) is 29.8 Å². The lowest BCUT2D eigenvalue weighted by molar-refractivity contribution is 0.533. The molecule has 0 saturated heterocycles. The second-order valence-electron chi connectivity index (χ2n) is 4.05. The Kier molecular flexibility index (Phi) is 3.32. The Balaban J connectivity index is 2.12. The van der Waals surface area contributed by atoms with Gasteiger partial charge in [0.15, 0.2) is 0 Å². The molecule has 0 radical (unpaired) electrons. The summed E-state index contributed by atoms with van der Waals surface area (Å²) >= 11 is 1.57. The molecule has 2 N–H and O–H groups in total. The molecule has 1 aromatic rings. The number of thioether (sulfide) groups is 1. The van der Waals surface area contributed by atoms with Gasteiger partial charge in [0.1, 0.15) is 0 Å². The average Bonchev–Trinajstić information content (AvgIpc) is 3.08. The Morgan fingerprint density at radius 3 is 2.80 bits per heavy atom. The highest BCUT2D eigenvalue weighted by atomic mass is 32.2. The predicted octanol–water partition coefficient (Wildman–Crippen LogP) is 2.74. The minimum Gasteiger partial charge on any atom is -0.330 e. The van der Waals surface area contributed by atoms with Crippen LogP contribution in [0.15, 0.2) is 29.2 Å². The van der Waals surface area contributed by atoms with Crippen molar-refractivity contribution >= 4 is 11.8 Å². The van der Waals surface area contributed by atoms with E-state index < -0.39 is 0 Å². The molecule has 82 valence electrons. The normalized spacial score (nSPS) is 17.7. The number of halogens is 1. The summed E-state index contributed by atoms with van der Waals surface area (Å²) in [5.41, 5.74) is 7.35. The van der Waals surface area contributed by atoms with E-state index in [-0.39, 0.29) is 12.1 Å². The Bertz CT molecular complexity index is 336. The summed E-state index contributed by atoms with van der Waals surface area (Å²) in [6, 6.07) is 8.39. The molecular formula is C12H16FNS. The maximum absolute atomic E-state index is 12.1. The van der Waals surface area contributed by atoms with Gasteiger partial charge in [0.05, 0.1) is 6.67 Å². The van der Waals surface area contributed by atoms with Crippen LogP contribution in [0, 0.1) is 0 Å². The smallest absolute Gasteiger partial charge is 0.0988 e. The molecule has 0 heterocycles. The molecule has 0 aromatic heterocycles. The first-order valence-electron chi connectivity index (χ1n) is 5.30. The first-order valence-corrected chi connectivity index (χ1v) is 6.29. The molecule has 0 amide bonds. The molecular weight excluding hydrogens is 209 g/mol. The Morgan fingerprint density at radius 2 is 2.20 bits per heavy atom. The highest BCUT2D eigenvalue weighted by Crippen LogP contribution is 2.47. The molecule has 1 saturated carbocycles. The minimum atomic E-state index is -0.267. The number of alkyl halides is 1. The molecule has 3 heteroatoms. The molecule has 0 aliphatic heterocycles. The lowest BCUT2D eigenvalue weighted by Gasteiger charge is -2.13. The third kappa shape index (κ3) is 2.34. The number of hydrogen-bond acceptors (Lipinski definition) is 2. The van der Waals surface area contributed by atoms with Gasteiger partial charge in [-0.1, -0.05) is 12.1 Å². The summed E-state index contributed by atoms with van der Waals surface area (Å²) in [6.45, 7) is 0.459. The van der Waals surface area contributed by atoms with Gasteiger partial charge < -0.3 is 5.73 Å². The molecule has 15 heavy (non-hydrogen) atoms. The summed E-state index contributed by atoms with van der Waals surface area (Å²) in [5.74, 6) is 0.541.